The summed E-state index contributed by atoms with van der Waals surface area (Å²) < 4.78 is 29.0. The van der Waals surface area contributed by atoms with Crippen LogP contribution in [0, 0.1) is 11.6 Å². The van der Waals surface area contributed by atoms with Gasteiger partial charge in [0.15, 0.2) is 5.43 Å². The fourth-order valence-electron chi connectivity index (χ4n) is 6.88. The molecule has 2 N–H and O–H groups in total. The second kappa shape index (κ2) is 11.7. The van der Waals surface area contributed by atoms with Crippen LogP contribution in [0.15, 0.2) is 65.6 Å². The summed E-state index contributed by atoms with van der Waals surface area (Å²) in [6.45, 7) is 3.82. The third-order valence-electron chi connectivity index (χ3n) is 9.07. The maximum atomic E-state index is 14.8. The first-order valence-corrected chi connectivity index (χ1v) is 14.7. The Labute approximate surface area is 239 Å². The van der Waals surface area contributed by atoms with Gasteiger partial charge in [0, 0.05) is 73.9 Å². The van der Waals surface area contributed by atoms with Gasteiger partial charge in [-0.25, -0.2) is 13.6 Å². The van der Waals surface area contributed by atoms with E-state index in [2.05, 4.69) is 15.2 Å². The van der Waals surface area contributed by atoms with Crippen molar-refractivity contribution in [2.24, 2.45) is 0 Å². The summed E-state index contributed by atoms with van der Waals surface area (Å²) in [5.74, 6) is -1.01. The van der Waals surface area contributed by atoms with E-state index < -0.39 is 17.7 Å². The van der Waals surface area contributed by atoms with Gasteiger partial charge in [0.2, 0.25) is 0 Å². The lowest BCUT2D eigenvalue weighted by Crippen LogP contribution is -2.63. The monoisotopic (exact) mass is 561 g/mol. The van der Waals surface area contributed by atoms with Crippen molar-refractivity contribution in [3.63, 3.8) is 0 Å². The maximum absolute atomic E-state index is 14.8. The molecule has 1 spiro atoms. The molecule has 6 rings (SSSR count). The van der Waals surface area contributed by atoms with Gasteiger partial charge in [0.25, 0.3) is 0 Å². The summed E-state index contributed by atoms with van der Waals surface area (Å²) in [4.78, 5) is 36.5. The number of halogens is 2. The van der Waals surface area contributed by atoms with Gasteiger partial charge >= 0.3 is 6.03 Å². The van der Waals surface area contributed by atoms with E-state index in [-0.39, 0.29) is 22.6 Å². The highest BCUT2D eigenvalue weighted by Gasteiger charge is 2.46. The summed E-state index contributed by atoms with van der Waals surface area (Å²) in [6.07, 6.45) is 6.64. The van der Waals surface area contributed by atoms with Crippen LogP contribution in [0.25, 0.3) is 11.3 Å². The van der Waals surface area contributed by atoms with Crippen molar-refractivity contribution in [1.82, 2.24) is 25.0 Å². The van der Waals surface area contributed by atoms with Crippen molar-refractivity contribution in [1.29, 1.82) is 0 Å². The molecular formula is C32H37F2N5O2. The molecule has 0 radical (unpaired) electrons. The minimum Gasteiger partial charge on any atom is -0.361 e. The topological polar surface area (TPSA) is 71.7 Å². The van der Waals surface area contributed by atoms with E-state index in [0.717, 1.165) is 61.1 Å². The van der Waals surface area contributed by atoms with Gasteiger partial charge in [-0.2, -0.15) is 0 Å². The van der Waals surface area contributed by atoms with E-state index >= 15 is 0 Å². The molecule has 2 aromatic carbocycles. The Hall–Kier alpha value is -3.56. The average molecular weight is 562 g/mol. The standard InChI is InChI=1S/C32H37F2N5O2/c33-25-9-10-27(34)26(17-25)29-20-35-13-6-14-39(29)31(41)37-15-16-38(32(22-37)11-4-5-12-32)21-24-19-36-28(18-30(24)40)23-7-2-1-3-8-23/h1-3,7-10,17-19,29,35H,4-6,11-16,20-22H2,(H,36,40)/t29-/m1/s1. The lowest BCUT2D eigenvalue weighted by Gasteiger charge is -2.50. The number of carbonyl (C=O) groups is 1. The number of pyridine rings is 1. The zero-order valence-electron chi connectivity index (χ0n) is 23.3. The van der Waals surface area contributed by atoms with E-state index in [1.54, 1.807) is 11.0 Å². The first-order valence-electron chi connectivity index (χ1n) is 14.7. The number of urea groups is 1. The van der Waals surface area contributed by atoms with Crippen LogP contribution in [-0.4, -0.2) is 70.5 Å². The fraction of sp³-hybridized carbons (Fsp3) is 0.438. The number of carbonyl (C=O) groups excluding carboxylic acids is 1. The van der Waals surface area contributed by atoms with Crippen molar-refractivity contribution in [3.05, 3.63) is 93.8 Å². The molecule has 1 saturated carbocycles. The Morgan fingerprint density at radius 2 is 1.78 bits per heavy atom. The molecule has 0 bridgehead atoms. The second-order valence-corrected chi connectivity index (χ2v) is 11.6. The molecule has 7 nitrogen and oxygen atoms in total. The van der Waals surface area contributed by atoms with Crippen LogP contribution in [0.4, 0.5) is 13.6 Å². The third-order valence-corrected chi connectivity index (χ3v) is 9.07. The number of H-pyrrole nitrogens is 1. The largest absolute Gasteiger partial charge is 0.361 e. The minimum atomic E-state index is -0.583. The predicted octanol–water partition coefficient (Wildman–Crippen LogP) is 4.91. The summed E-state index contributed by atoms with van der Waals surface area (Å²) >= 11 is 0. The number of amides is 2. The number of nitrogens with one attached hydrogen (secondary N) is 2. The highest BCUT2D eigenvalue weighted by atomic mass is 19.1. The molecule has 9 heteroatoms. The van der Waals surface area contributed by atoms with Crippen molar-refractivity contribution in [2.45, 2.75) is 50.2 Å². The summed E-state index contributed by atoms with van der Waals surface area (Å²) in [6, 6.07) is 14.2. The Kier molecular flexibility index (Phi) is 7.90. The molecule has 216 valence electrons. The third kappa shape index (κ3) is 5.65. The molecule has 3 aliphatic rings. The summed E-state index contributed by atoms with van der Waals surface area (Å²) in [5.41, 5.74) is 2.49. The Balaban J connectivity index is 1.21. The van der Waals surface area contributed by atoms with E-state index in [9.17, 15) is 18.4 Å². The molecule has 41 heavy (non-hydrogen) atoms. The normalized spacial score (nSPS) is 21.3. The first kappa shape index (κ1) is 27.6. The molecule has 1 atom stereocenters. The molecular weight excluding hydrogens is 524 g/mol. The molecule has 3 aromatic rings. The lowest BCUT2D eigenvalue weighted by molar-refractivity contribution is 0.000790. The van der Waals surface area contributed by atoms with Gasteiger partial charge < -0.3 is 20.1 Å². The maximum Gasteiger partial charge on any atom is 0.320 e. The van der Waals surface area contributed by atoms with Crippen LogP contribution in [0.1, 0.15) is 49.3 Å². The number of nitrogens with zero attached hydrogens (tertiary/aromatic N) is 3. The number of hydrogen-bond donors (Lipinski definition) is 2. The molecule has 3 heterocycles. The molecule has 2 amide bonds. The predicted molar refractivity (Wildman–Crippen MR) is 154 cm³/mol. The molecule has 2 saturated heterocycles. The first-order chi connectivity index (χ1) is 19.9. The SMILES string of the molecule is O=C(N1CCN(Cc2c[nH]c(-c3ccccc3)cc2=O)C2(CCCC2)C1)N1CCCNC[C@@H]1c1cc(F)ccc1F. The summed E-state index contributed by atoms with van der Waals surface area (Å²) in [5, 5.41) is 3.29. The average Bonchev–Trinajstić information content (AvgIpc) is 3.31. The van der Waals surface area contributed by atoms with Crippen LogP contribution in [0.3, 0.4) is 0 Å². The highest BCUT2D eigenvalue weighted by Crippen LogP contribution is 2.39. The van der Waals surface area contributed by atoms with Crippen molar-refractivity contribution < 1.29 is 13.6 Å². The summed E-state index contributed by atoms with van der Waals surface area (Å²) in [7, 11) is 0. The second-order valence-electron chi connectivity index (χ2n) is 11.6. The quantitative estimate of drug-likeness (QED) is 0.475. The van der Waals surface area contributed by atoms with E-state index in [0.29, 0.717) is 45.8 Å². The van der Waals surface area contributed by atoms with Crippen LogP contribution in [0.5, 0.6) is 0 Å². The molecule has 3 fully saturated rings. The van der Waals surface area contributed by atoms with Crippen LogP contribution < -0.4 is 10.7 Å². The Morgan fingerprint density at radius 3 is 2.56 bits per heavy atom. The molecule has 0 unspecified atom stereocenters. The van der Waals surface area contributed by atoms with Crippen LogP contribution >= 0.6 is 0 Å². The molecule has 1 aromatic heterocycles. The van der Waals surface area contributed by atoms with E-state index in [1.165, 1.54) is 6.07 Å². The van der Waals surface area contributed by atoms with Crippen molar-refractivity contribution in [3.8, 4) is 11.3 Å². The van der Waals surface area contributed by atoms with Gasteiger partial charge in [-0.15, -0.1) is 0 Å². The van der Waals surface area contributed by atoms with Crippen molar-refractivity contribution in [2.75, 3.05) is 39.3 Å². The van der Waals surface area contributed by atoms with E-state index in [4.69, 9.17) is 0 Å². The zero-order valence-corrected chi connectivity index (χ0v) is 23.3. The van der Waals surface area contributed by atoms with Gasteiger partial charge in [0.1, 0.15) is 11.6 Å². The highest BCUT2D eigenvalue weighted by molar-refractivity contribution is 5.75. The number of rotatable bonds is 4. The minimum absolute atomic E-state index is 0.00582. The number of aromatic nitrogens is 1. The Bertz CT molecular complexity index is 1440. The number of benzene rings is 2. The van der Waals surface area contributed by atoms with Gasteiger partial charge in [-0.1, -0.05) is 43.2 Å². The van der Waals surface area contributed by atoms with Crippen LogP contribution in [0.2, 0.25) is 0 Å². The smallest absolute Gasteiger partial charge is 0.320 e. The fourth-order valence-corrected chi connectivity index (χ4v) is 6.88. The number of hydrogen-bond acceptors (Lipinski definition) is 4. The van der Waals surface area contributed by atoms with Gasteiger partial charge in [0.05, 0.1) is 6.04 Å². The molecule has 2 aliphatic heterocycles. The number of piperazine rings is 1. The molecule has 1 aliphatic carbocycles. The Morgan fingerprint density at radius 1 is 0.976 bits per heavy atom. The van der Waals surface area contributed by atoms with Gasteiger partial charge in [-0.3, -0.25) is 9.69 Å². The van der Waals surface area contributed by atoms with E-state index in [1.807, 2.05) is 41.4 Å². The zero-order chi connectivity index (χ0) is 28.4. The van der Waals surface area contributed by atoms with Gasteiger partial charge in [-0.05, 0) is 49.6 Å². The van der Waals surface area contributed by atoms with Crippen LogP contribution in [-0.2, 0) is 6.54 Å². The number of aromatic amines is 1. The van der Waals surface area contributed by atoms with Crippen molar-refractivity contribution >= 4 is 6.03 Å². The lowest BCUT2D eigenvalue weighted by atomic mass is 9.91.